The zero-order valence-corrected chi connectivity index (χ0v) is 4.78. The molecule has 0 aromatic rings. The molecule has 0 spiro atoms. The molecular weight excluding hydrogens is 98.1 g/mol. The van der Waals surface area contributed by atoms with E-state index in [-0.39, 0.29) is 0 Å². The highest BCUT2D eigenvalue weighted by Gasteiger charge is 2.26. The van der Waals surface area contributed by atoms with Crippen LogP contribution in [-0.4, -0.2) is 12.6 Å². The van der Waals surface area contributed by atoms with Gasteiger partial charge in [-0.1, -0.05) is 5.92 Å². The van der Waals surface area contributed by atoms with Gasteiger partial charge in [0.15, 0.2) is 0 Å². The van der Waals surface area contributed by atoms with E-state index in [1.54, 1.807) is 0 Å². The van der Waals surface area contributed by atoms with Gasteiger partial charge in [0.2, 0.25) is 0 Å². The minimum atomic E-state index is 0.704. The highest BCUT2D eigenvalue weighted by molar-refractivity contribution is 5.18. The molecule has 0 aromatic heterocycles. The lowest BCUT2D eigenvalue weighted by Crippen LogP contribution is -2.22. The van der Waals surface area contributed by atoms with Crippen LogP contribution in [0.5, 0.6) is 0 Å². The normalized spacial score (nSPS) is 41.0. The van der Waals surface area contributed by atoms with Gasteiger partial charge in [0.25, 0.3) is 0 Å². The Bertz CT molecular complexity index is 152. The SMILES string of the molecule is C1#CC2CCNC2C1. The summed E-state index contributed by atoms with van der Waals surface area (Å²) in [6.45, 7) is 1.18. The zero-order valence-electron chi connectivity index (χ0n) is 4.78. The molecule has 0 aromatic carbocycles. The predicted molar refractivity (Wildman–Crippen MR) is 32.3 cm³/mol. The summed E-state index contributed by atoms with van der Waals surface area (Å²) >= 11 is 0. The smallest absolute Gasteiger partial charge is 0.0377 e. The van der Waals surface area contributed by atoms with Crippen molar-refractivity contribution in [1.82, 2.24) is 5.32 Å². The fourth-order valence-electron chi connectivity index (χ4n) is 1.45. The summed E-state index contributed by atoms with van der Waals surface area (Å²) in [5, 5.41) is 3.39. The molecule has 0 bridgehead atoms. The number of rotatable bonds is 0. The fourth-order valence-corrected chi connectivity index (χ4v) is 1.45. The van der Waals surface area contributed by atoms with Crippen LogP contribution in [0.4, 0.5) is 0 Å². The van der Waals surface area contributed by atoms with Gasteiger partial charge >= 0.3 is 0 Å². The second kappa shape index (κ2) is 1.50. The molecule has 0 saturated carbocycles. The summed E-state index contributed by atoms with van der Waals surface area (Å²) < 4.78 is 0. The van der Waals surface area contributed by atoms with Gasteiger partial charge in [0.05, 0.1) is 0 Å². The molecule has 1 nitrogen and oxygen atoms in total. The van der Waals surface area contributed by atoms with E-state index in [2.05, 4.69) is 17.2 Å². The van der Waals surface area contributed by atoms with Crippen molar-refractivity contribution in [2.75, 3.05) is 6.54 Å². The molecule has 2 atom stereocenters. The van der Waals surface area contributed by atoms with Crippen LogP contribution in [0.3, 0.4) is 0 Å². The van der Waals surface area contributed by atoms with E-state index in [4.69, 9.17) is 0 Å². The summed E-state index contributed by atoms with van der Waals surface area (Å²) in [4.78, 5) is 0. The standard InChI is InChI=1S/C7H9N/c1-2-6-4-5-8-7(6)3-1/h6-8H,3-5H2. The van der Waals surface area contributed by atoms with E-state index in [1.807, 2.05) is 0 Å². The van der Waals surface area contributed by atoms with E-state index >= 15 is 0 Å². The summed E-state index contributed by atoms with van der Waals surface area (Å²) in [5.74, 6) is 7.02. The predicted octanol–water partition coefficient (Wildman–Crippen LogP) is 0.372. The minimum absolute atomic E-state index is 0.704. The first-order valence-electron chi connectivity index (χ1n) is 3.18. The molecule has 2 rings (SSSR count). The number of nitrogens with one attached hydrogen (secondary N) is 1. The zero-order chi connectivity index (χ0) is 5.40. The van der Waals surface area contributed by atoms with Crippen molar-refractivity contribution < 1.29 is 0 Å². The van der Waals surface area contributed by atoms with Crippen molar-refractivity contribution in [3.63, 3.8) is 0 Å². The first-order valence-corrected chi connectivity index (χ1v) is 3.18. The third kappa shape index (κ3) is 0.468. The Kier molecular flexibility index (Phi) is 0.824. The molecule has 0 radical (unpaired) electrons. The van der Waals surface area contributed by atoms with E-state index in [1.165, 1.54) is 13.0 Å². The summed E-state index contributed by atoms with van der Waals surface area (Å²) in [6, 6.07) is 0.704. The largest absolute Gasteiger partial charge is 0.312 e. The highest BCUT2D eigenvalue weighted by atomic mass is 14.9. The molecule has 1 saturated heterocycles. The van der Waals surface area contributed by atoms with E-state index in [9.17, 15) is 0 Å². The van der Waals surface area contributed by atoms with Gasteiger partial charge in [-0.05, 0) is 13.0 Å². The summed E-state index contributed by atoms with van der Waals surface area (Å²) in [6.07, 6.45) is 2.36. The minimum Gasteiger partial charge on any atom is -0.312 e. The number of fused-ring (bicyclic) bond motifs is 1. The molecule has 1 N–H and O–H groups in total. The molecule has 1 aliphatic carbocycles. The van der Waals surface area contributed by atoms with E-state index in [0.29, 0.717) is 12.0 Å². The van der Waals surface area contributed by atoms with Crippen LogP contribution in [-0.2, 0) is 0 Å². The Balaban J connectivity index is 2.16. The van der Waals surface area contributed by atoms with E-state index in [0.717, 1.165) is 6.42 Å². The first-order chi connectivity index (χ1) is 3.97. The Morgan fingerprint density at radius 3 is 3.38 bits per heavy atom. The van der Waals surface area contributed by atoms with Crippen LogP contribution in [0.2, 0.25) is 0 Å². The molecule has 1 heterocycles. The molecule has 1 fully saturated rings. The lowest BCUT2D eigenvalue weighted by molar-refractivity contribution is 0.568. The monoisotopic (exact) mass is 107 g/mol. The Hall–Kier alpha value is -0.480. The molecular formula is C7H9N. The summed E-state index contributed by atoms with van der Waals surface area (Å²) in [5.41, 5.74) is 0. The Morgan fingerprint density at radius 1 is 1.50 bits per heavy atom. The van der Waals surface area contributed by atoms with Gasteiger partial charge in [-0.2, -0.15) is 0 Å². The second-order valence-electron chi connectivity index (χ2n) is 2.48. The van der Waals surface area contributed by atoms with Crippen molar-refractivity contribution >= 4 is 0 Å². The van der Waals surface area contributed by atoms with Crippen molar-refractivity contribution in [2.24, 2.45) is 5.92 Å². The number of hydrogen-bond donors (Lipinski definition) is 1. The molecule has 1 aliphatic heterocycles. The molecule has 1 heteroatoms. The third-order valence-corrected chi connectivity index (χ3v) is 1.96. The maximum absolute atomic E-state index is 3.39. The topological polar surface area (TPSA) is 12.0 Å². The van der Waals surface area contributed by atoms with E-state index < -0.39 is 0 Å². The van der Waals surface area contributed by atoms with Gasteiger partial charge in [0.1, 0.15) is 0 Å². The summed E-state index contributed by atoms with van der Waals surface area (Å²) in [7, 11) is 0. The number of hydrogen-bond acceptors (Lipinski definition) is 1. The van der Waals surface area contributed by atoms with Crippen LogP contribution in [0.1, 0.15) is 12.8 Å². The Morgan fingerprint density at radius 2 is 2.50 bits per heavy atom. The Labute approximate surface area is 49.5 Å². The first kappa shape index (κ1) is 4.40. The second-order valence-corrected chi connectivity index (χ2v) is 2.48. The molecule has 0 amide bonds. The molecule has 2 aliphatic rings. The molecule has 8 heavy (non-hydrogen) atoms. The van der Waals surface area contributed by atoms with Crippen LogP contribution in [0, 0.1) is 17.8 Å². The third-order valence-electron chi connectivity index (χ3n) is 1.96. The van der Waals surface area contributed by atoms with Gasteiger partial charge < -0.3 is 5.32 Å². The van der Waals surface area contributed by atoms with Crippen LogP contribution in [0.25, 0.3) is 0 Å². The van der Waals surface area contributed by atoms with Crippen molar-refractivity contribution in [2.45, 2.75) is 18.9 Å². The van der Waals surface area contributed by atoms with Crippen molar-refractivity contribution in [3.05, 3.63) is 0 Å². The quantitative estimate of drug-likeness (QED) is 0.441. The van der Waals surface area contributed by atoms with Crippen molar-refractivity contribution in [1.29, 1.82) is 0 Å². The fraction of sp³-hybridized carbons (Fsp3) is 0.714. The lowest BCUT2D eigenvalue weighted by atomic mass is 10.1. The highest BCUT2D eigenvalue weighted by Crippen LogP contribution is 2.20. The van der Waals surface area contributed by atoms with Gasteiger partial charge in [-0.3, -0.25) is 0 Å². The van der Waals surface area contributed by atoms with Crippen LogP contribution in [0.15, 0.2) is 0 Å². The van der Waals surface area contributed by atoms with Crippen LogP contribution >= 0.6 is 0 Å². The maximum Gasteiger partial charge on any atom is 0.0377 e. The maximum atomic E-state index is 3.39. The lowest BCUT2D eigenvalue weighted by Gasteiger charge is -2.04. The molecule has 2 unspecified atom stereocenters. The van der Waals surface area contributed by atoms with Crippen molar-refractivity contribution in [3.8, 4) is 11.8 Å². The van der Waals surface area contributed by atoms with Gasteiger partial charge in [0, 0.05) is 18.4 Å². The van der Waals surface area contributed by atoms with Gasteiger partial charge in [-0.25, -0.2) is 0 Å². The van der Waals surface area contributed by atoms with Gasteiger partial charge in [-0.15, -0.1) is 5.92 Å². The van der Waals surface area contributed by atoms with Crippen LogP contribution < -0.4 is 5.32 Å². The molecule has 42 valence electrons. The average Bonchev–Trinajstić information content (AvgIpc) is 2.15. The average molecular weight is 107 g/mol.